The van der Waals surface area contributed by atoms with Crippen molar-refractivity contribution in [2.75, 3.05) is 12.3 Å². The third kappa shape index (κ3) is 4.25. The van der Waals surface area contributed by atoms with Crippen molar-refractivity contribution in [3.05, 3.63) is 23.8 Å². The van der Waals surface area contributed by atoms with Crippen LogP contribution in [0.2, 0.25) is 0 Å². The molecule has 0 aliphatic carbocycles. The van der Waals surface area contributed by atoms with Crippen LogP contribution in [-0.2, 0) is 24.2 Å². The molecule has 1 aromatic rings. The van der Waals surface area contributed by atoms with Gasteiger partial charge in [0.15, 0.2) is 5.71 Å². The fourth-order valence-corrected chi connectivity index (χ4v) is 3.45. The summed E-state index contributed by atoms with van der Waals surface area (Å²) in [4.78, 5) is 0.845. The summed E-state index contributed by atoms with van der Waals surface area (Å²) >= 11 is 1.96. The van der Waals surface area contributed by atoms with Gasteiger partial charge in [0.05, 0.1) is 17.5 Å². The van der Waals surface area contributed by atoms with Gasteiger partial charge < -0.3 is 5.26 Å². The van der Waals surface area contributed by atoms with Crippen molar-refractivity contribution in [2.45, 2.75) is 37.5 Å². The van der Waals surface area contributed by atoms with E-state index >= 15 is 0 Å². The van der Waals surface area contributed by atoms with E-state index < -0.39 is 0 Å². The molecule has 0 unspecified atom stereocenters. The third-order valence-electron chi connectivity index (χ3n) is 4.09. The molecule has 1 aromatic carbocycles. The minimum atomic E-state index is -0.103. The average Bonchev–Trinajstić information content (AvgIpc) is 2.73. The van der Waals surface area contributed by atoms with Crippen molar-refractivity contribution in [2.24, 2.45) is 0 Å². The molecule has 0 bridgehead atoms. The Hall–Kier alpha value is -0.650. The van der Waals surface area contributed by atoms with Crippen LogP contribution >= 0.6 is 24.1 Å². The SMILES string of the molecule is CC1=[N+](CCCSOO[O-])c2ccc(SOOO)cc2C1(C)C. The second kappa shape index (κ2) is 8.45. The Morgan fingerprint density at radius 1 is 1.30 bits per heavy atom. The van der Waals surface area contributed by atoms with Gasteiger partial charge in [0, 0.05) is 47.7 Å². The normalized spacial score (nSPS) is 16.0. The molecule has 0 aromatic heterocycles. The Bertz CT molecular complexity index is 578. The topological polar surface area (TPSA) is 83.2 Å². The van der Waals surface area contributed by atoms with Crippen molar-refractivity contribution in [1.29, 1.82) is 0 Å². The van der Waals surface area contributed by atoms with Crippen LogP contribution in [-0.4, -0.2) is 27.8 Å². The van der Waals surface area contributed by atoms with Crippen LogP contribution in [0.4, 0.5) is 5.69 Å². The second-order valence-corrected chi connectivity index (χ2v) is 7.13. The average molecular weight is 361 g/mol. The van der Waals surface area contributed by atoms with Crippen LogP contribution in [0.1, 0.15) is 32.8 Å². The van der Waals surface area contributed by atoms with Gasteiger partial charge in [-0.25, -0.2) is 5.26 Å². The van der Waals surface area contributed by atoms with E-state index in [2.05, 4.69) is 44.1 Å². The van der Waals surface area contributed by atoms with Gasteiger partial charge in [-0.2, -0.15) is 8.91 Å². The van der Waals surface area contributed by atoms with Crippen LogP contribution in [0.25, 0.3) is 0 Å². The van der Waals surface area contributed by atoms with Crippen LogP contribution in [0.5, 0.6) is 0 Å². The monoisotopic (exact) mass is 361 g/mol. The molecule has 9 heteroatoms. The summed E-state index contributed by atoms with van der Waals surface area (Å²) in [5.41, 5.74) is 3.48. The zero-order chi connectivity index (χ0) is 16.9. The lowest BCUT2D eigenvalue weighted by molar-refractivity contribution is -0.777. The van der Waals surface area contributed by atoms with Crippen molar-refractivity contribution < 1.29 is 33.8 Å². The first-order chi connectivity index (χ1) is 11.0. The van der Waals surface area contributed by atoms with Gasteiger partial charge in [0.2, 0.25) is 5.69 Å². The van der Waals surface area contributed by atoms with Gasteiger partial charge >= 0.3 is 0 Å². The molecule has 7 nitrogen and oxygen atoms in total. The Labute approximate surface area is 143 Å². The molecule has 2 rings (SSSR count). The van der Waals surface area contributed by atoms with Gasteiger partial charge in [0.25, 0.3) is 0 Å². The molecule has 1 N–H and O–H groups in total. The van der Waals surface area contributed by atoms with E-state index in [9.17, 15) is 5.26 Å². The molecular formula is C14H19NO6S2. The summed E-state index contributed by atoms with van der Waals surface area (Å²) in [5.74, 6) is 0.664. The Morgan fingerprint density at radius 2 is 2.09 bits per heavy atom. The number of benzene rings is 1. The van der Waals surface area contributed by atoms with Gasteiger partial charge in [-0.3, -0.25) is 5.04 Å². The maximum Gasteiger partial charge on any atom is 0.209 e. The number of nitrogens with zero attached hydrogens (tertiary/aromatic N) is 1. The molecule has 0 saturated carbocycles. The molecule has 128 valence electrons. The molecule has 0 amide bonds. The van der Waals surface area contributed by atoms with Gasteiger partial charge in [-0.05, 0) is 26.0 Å². The Balaban J connectivity index is 2.14. The van der Waals surface area contributed by atoms with E-state index in [4.69, 9.17) is 5.26 Å². The lowest BCUT2D eigenvalue weighted by atomic mass is 9.82. The van der Waals surface area contributed by atoms with E-state index in [0.717, 1.165) is 47.6 Å². The van der Waals surface area contributed by atoms with Crippen LogP contribution in [0.15, 0.2) is 23.1 Å². The van der Waals surface area contributed by atoms with E-state index in [1.54, 1.807) is 0 Å². The third-order valence-corrected chi connectivity index (χ3v) is 5.27. The zero-order valence-electron chi connectivity index (χ0n) is 13.1. The van der Waals surface area contributed by atoms with Crippen molar-refractivity contribution >= 4 is 35.5 Å². The van der Waals surface area contributed by atoms with Crippen molar-refractivity contribution in [1.82, 2.24) is 0 Å². The van der Waals surface area contributed by atoms with Crippen molar-refractivity contribution in [3.8, 4) is 0 Å². The second-order valence-electron chi connectivity index (χ2n) is 5.58. The maximum atomic E-state index is 9.76. The van der Waals surface area contributed by atoms with Gasteiger partial charge in [0.1, 0.15) is 6.54 Å². The summed E-state index contributed by atoms with van der Waals surface area (Å²) in [6, 6.07) is 5.97. The van der Waals surface area contributed by atoms with Crippen LogP contribution in [0.3, 0.4) is 0 Å². The summed E-state index contributed by atoms with van der Waals surface area (Å²) in [5, 5.41) is 25.0. The Kier molecular flexibility index (Phi) is 6.86. The van der Waals surface area contributed by atoms with E-state index in [-0.39, 0.29) is 5.41 Å². The first-order valence-electron chi connectivity index (χ1n) is 7.01. The smallest absolute Gasteiger partial charge is 0.209 e. The number of hydrogen-bond acceptors (Lipinski definition) is 8. The minimum absolute atomic E-state index is 0.103. The highest BCUT2D eigenvalue weighted by atomic mass is 32.2. The highest BCUT2D eigenvalue weighted by molar-refractivity contribution is 7.94. The Morgan fingerprint density at radius 3 is 2.78 bits per heavy atom. The molecule has 0 saturated heterocycles. The summed E-state index contributed by atoms with van der Waals surface area (Å²) in [7, 11) is 0. The first kappa shape index (κ1) is 18.7. The van der Waals surface area contributed by atoms with E-state index in [0.29, 0.717) is 5.75 Å². The van der Waals surface area contributed by atoms with E-state index in [1.165, 1.54) is 11.3 Å². The maximum absolute atomic E-state index is 9.76. The number of fused-ring (bicyclic) bond motifs is 1. The number of hydrogen-bond donors (Lipinski definition) is 1. The van der Waals surface area contributed by atoms with E-state index in [1.807, 2.05) is 18.2 Å². The number of rotatable bonds is 9. The van der Waals surface area contributed by atoms with Gasteiger partial charge in [-0.1, -0.05) is 5.04 Å². The first-order valence-corrected chi connectivity index (χ1v) is 8.66. The lowest BCUT2D eigenvalue weighted by Gasteiger charge is -2.15. The lowest BCUT2D eigenvalue weighted by Crippen LogP contribution is -2.26. The standard InChI is InChI=1S/C14H19NO6S2/c1-10-14(2,3)12-9-11(23-21-19-17)5-6-13(12)15(10)7-4-8-22-20-18-16/h5-6,9H,4,7-8H2,1-3H3,(H-,16,17). The predicted molar refractivity (Wildman–Crippen MR) is 84.8 cm³/mol. The molecule has 1 aliphatic heterocycles. The summed E-state index contributed by atoms with van der Waals surface area (Å²) in [6.07, 6.45) is 0.846. The molecule has 1 aliphatic rings. The highest BCUT2D eigenvalue weighted by Crippen LogP contribution is 2.41. The summed E-state index contributed by atoms with van der Waals surface area (Å²) < 4.78 is 11.0. The summed E-state index contributed by atoms with van der Waals surface area (Å²) in [6.45, 7) is 7.27. The van der Waals surface area contributed by atoms with Crippen LogP contribution < -0.4 is 5.26 Å². The van der Waals surface area contributed by atoms with Crippen molar-refractivity contribution in [3.63, 3.8) is 0 Å². The molecule has 0 atom stereocenters. The minimum Gasteiger partial charge on any atom is -0.691 e. The fraction of sp³-hybridized carbons (Fsp3) is 0.500. The molecular weight excluding hydrogens is 342 g/mol. The molecule has 0 radical (unpaired) electrons. The van der Waals surface area contributed by atoms with Gasteiger partial charge in [-0.15, -0.1) is 4.33 Å². The predicted octanol–water partition coefficient (Wildman–Crippen LogP) is 2.77. The zero-order valence-corrected chi connectivity index (χ0v) is 14.7. The highest BCUT2D eigenvalue weighted by Gasteiger charge is 2.42. The van der Waals surface area contributed by atoms with Crippen LogP contribution in [0, 0.1) is 0 Å². The molecule has 0 spiro atoms. The largest absolute Gasteiger partial charge is 0.691 e. The fourth-order valence-electron chi connectivity index (χ4n) is 2.69. The molecule has 0 fully saturated rings. The quantitative estimate of drug-likeness (QED) is 0.236. The molecule has 1 heterocycles. The molecule has 23 heavy (non-hydrogen) atoms.